The number of hydrogen-bond donors (Lipinski definition) is 1. The summed E-state index contributed by atoms with van der Waals surface area (Å²) < 4.78 is 0.574. The fourth-order valence-corrected chi connectivity index (χ4v) is 2.99. The maximum atomic E-state index is 12.0. The molecule has 94 valence electrons. The van der Waals surface area contributed by atoms with Crippen molar-refractivity contribution in [2.75, 3.05) is 0 Å². The maximum Gasteiger partial charge on any atom is 0.254 e. The third kappa shape index (κ3) is 2.97. The molecule has 1 N–H and O–H groups in total. The minimum Gasteiger partial charge on any atom is -0.347 e. The summed E-state index contributed by atoms with van der Waals surface area (Å²) in [6, 6.07) is 5.61. The monoisotopic (exact) mass is 324 g/mol. The number of carbonyl (C=O) groups excluding carboxylic acids is 1. The minimum atomic E-state index is -0.106. The lowest BCUT2D eigenvalue weighted by Crippen LogP contribution is -2.23. The number of nitrogens with zero attached hydrogens (tertiary/aromatic N) is 1. The van der Waals surface area contributed by atoms with E-state index in [1.807, 2.05) is 0 Å². The molecule has 0 spiro atoms. The van der Waals surface area contributed by atoms with Gasteiger partial charge in [-0.05, 0) is 51.5 Å². The summed E-state index contributed by atoms with van der Waals surface area (Å²) in [6.45, 7) is 2.69. The molecule has 0 aliphatic carbocycles. The van der Waals surface area contributed by atoms with Crippen LogP contribution in [0.4, 0.5) is 0 Å². The Morgan fingerprint density at radius 3 is 3.06 bits per heavy atom. The van der Waals surface area contributed by atoms with Gasteiger partial charge in [-0.15, -0.1) is 11.3 Å². The minimum absolute atomic E-state index is 0.106. The lowest BCUT2D eigenvalue weighted by molar-refractivity contribution is 0.0950. The number of nitrogens with one attached hydrogen (secondary N) is 1. The van der Waals surface area contributed by atoms with Crippen molar-refractivity contribution in [2.45, 2.75) is 19.9 Å². The van der Waals surface area contributed by atoms with Crippen LogP contribution in [0.1, 0.15) is 27.7 Å². The van der Waals surface area contributed by atoms with Crippen molar-refractivity contribution < 1.29 is 4.79 Å². The van der Waals surface area contributed by atoms with Crippen molar-refractivity contribution in [1.29, 1.82) is 0 Å². The van der Waals surface area contributed by atoms with Gasteiger partial charge in [0.15, 0.2) is 0 Å². The van der Waals surface area contributed by atoms with Crippen molar-refractivity contribution >= 4 is 33.2 Å². The summed E-state index contributed by atoms with van der Waals surface area (Å²) in [6.07, 6.45) is 2.64. The fraction of sp³-hybridized carbons (Fsp3) is 0.231. The molecule has 0 aliphatic heterocycles. The average molecular weight is 325 g/mol. The van der Waals surface area contributed by atoms with E-state index >= 15 is 0 Å². The number of halogens is 1. The van der Waals surface area contributed by atoms with Gasteiger partial charge < -0.3 is 5.32 Å². The van der Waals surface area contributed by atoms with E-state index in [-0.39, 0.29) is 5.91 Å². The quantitative estimate of drug-likeness (QED) is 0.876. The number of thiophene rings is 1. The molecule has 5 heteroatoms. The lowest BCUT2D eigenvalue weighted by atomic mass is 10.2. The highest BCUT2D eigenvalue weighted by Crippen LogP contribution is 2.18. The standard InChI is InChI=1S/C13H13BrN2OS/c1-2-9-5-7-18-11(9)8-16-13(17)10-4-3-6-15-12(10)14/h3-7H,2,8H2,1H3,(H,16,17). The molecule has 0 fully saturated rings. The summed E-state index contributed by atoms with van der Waals surface area (Å²) in [5.41, 5.74) is 1.86. The molecule has 0 radical (unpaired) electrons. The first-order valence-electron chi connectivity index (χ1n) is 5.66. The summed E-state index contributed by atoms with van der Waals surface area (Å²) in [5.74, 6) is -0.106. The third-order valence-electron chi connectivity index (χ3n) is 2.63. The van der Waals surface area contributed by atoms with Crippen LogP contribution in [-0.2, 0) is 13.0 Å². The predicted octanol–water partition coefficient (Wildman–Crippen LogP) is 3.40. The molecule has 0 aromatic carbocycles. The topological polar surface area (TPSA) is 42.0 Å². The van der Waals surface area contributed by atoms with Crippen molar-refractivity contribution in [2.24, 2.45) is 0 Å². The maximum absolute atomic E-state index is 12.0. The summed E-state index contributed by atoms with van der Waals surface area (Å²) in [4.78, 5) is 17.2. The van der Waals surface area contributed by atoms with E-state index in [1.165, 1.54) is 10.4 Å². The smallest absolute Gasteiger partial charge is 0.254 e. The zero-order chi connectivity index (χ0) is 13.0. The Hall–Kier alpha value is -1.20. The molecular formula is C13H13BrN2OS. The molecule has 0 aliphatic rings. The Kier molecular flexibility index (Phi) is 4.49. The molecule has 1 amide bonds. The normalized spacial score (nSPS) is 10.3. The van der Waals surface area contributed by atoms with Crippen LogP contribution in [0.25, 0.3) is 0 Å². The van der Waals surface area contributed by atoms with Crippen LogP contribution in [0, 0.1) is 0 Å². The van der Waals surface area contributed by atoms with Gasteiger partial charge in [-0.3, -0.25) is 4.79 Å². The van der Waals surface area contributed by atoms with Crippen molar-refractivity contribution in [1.82, 2.24) is 10.3 Å². The molecule has 0 bridgehead atoms. The molecular weight excluding hydrogens is 312 g/mol. The average Bonchev–Trinajstić information content (AvgIpc) is 2.84. The highest BCUT2D eigenvalue weighted by molar-refractivity contribution is 9.10. The molecule has 2 aromatic heterocycles. The molecule has 2 aromatic rings. The van der Waals surface area contributed by atoms with Crippen molar-refractivity contribution in [3.63, 3.8) is 0 Å². The zero-order valence-electron chi connectivity index (χ0n) is 9.94. The molecule has 0 atom stereocenters. The fourth-order valence-electron chi connectivity index (χ4n) is 1.65. The van der Waals surface area contributed by atoms with Crippen LogP contribution in [0.2, 0.25) is 0 Å². The molecule has 3 nitrogen and oxygen atoms in total. The first kappa shape index (κ1) is 13.2. The second-order valence-corrected chi connectivity index (χ2v) is 5.50. The summed E-state index contributed by atoms with van der Waals surface area (Å²) in [5, 5.41) is 4.97. The molecule has 2 rings (SSSR count). The van der Waals surface area contributed by atoms with Gasteiger partial charge in [-0.1, -0.05) is 6.92 Å². The van der Waals surface area contributed by atoms with Crippen LogP contribution in [0.3, 0.4) is 0 Å². The van der Waals surface area contributed by atoms with Gasteiger partial charge in [0.2, 0.25) is 0 Å². The number of aryl methyl sites for hydroxylation is 1. The Bertz CT molecular complexity index is 553. The Morgan fingerprint density at radius 2 is 2.33 bits per heavy atom. The highest BCUT2D eigenvalue weighted by Gasteiger charge is 2.11. The zero-order valence-corrected chi connectivity index (χ0v) is 12.3. The number of amides is 1. The van der Waals surface area contributed by atoms with Gasteiger partial charge in [0.05, 0.1) is 12.1 Å². The third-order valence-corrected chi connectivity index (χ3v) is 4.23. The van der Waals surface area contributed by atoms with Crippen LogP contribution < -0.4 is 5.32 Å². The van der Waals surface area contributed by atoms with E-state index in [1.54, 1.807) is 29.7 Å². The molecule has 2 heterocycles. The van der Waals surface area contributed by atoms with Crippen molar-refractivity contribution in [3.8, 4) is 0 Å². The van der Waals surface area contributed by atoms with Gasteiger partial charge in [-0.2, -0.15) is 0 Å². The van der Waals surface area contributed by atoms with Gasteiger partial charge >= 0.3 is 0 Å². The second kappa shape index (κ2) is 6.11. The van der Waals surface area contributed by atoms with Gasteiger partial charge in [0.1, 0.15) is 4.60 Å². The summed E-state index contributed by atoms with van der Waals surface area (Å²) >= 11 is 4.95. The SMILES string of the molecule is CCc1ccsc1CNC(=O)c1cccnc1Br. The number of hydrogen-bond acceptors (Lipinski definition) is 3. The number of carbonyl (C=O) groups is 1. The number of rotatable bonds is 4. The number of aromatic nitrogens is 1. The van der Waals surface area contributed by atoms with Crippen LogP contribution in [0.15, 0.2) is 34.4 Å². The first-order valence-corrected chi connectivity index (χ1v) is 7.33. The van der Waals surface area contributed by atoms with Gasteiger partial charge in [0.25, 0.3) is 5.91 Å². The number of pyridine rings is 1. The molecule has 0 saturated heterocycles. The van der Waals surface area contributed by atoms with E-state index in [4.69, 9.17) is 0 Å². The second-order valence-electron chi connectivity index (χ2n) is 3.75. The van der Waals surface area contributed by atoms with Gasteiger partial charge in [0, 0.05) is 11.1 Å². The van der Waals surface area contributed by atoms with Crippen LogP contribution >= 0.6 is 27.3 Å². The Balaban J connectivity index is 2.03. The van der Waals surface area contributed by atoms with E-state index in [0.717, 1.165) is 6.42 Å². The molecule has 0 saturated carbocycles. The first-order chi connectivity index (χ1) is 8.72. The Morgan fingerprint density at radius 1 is 1.50 bits per heavy atom. The van der Waals surface area contributed by atoms with E-state index in [2.05, 4.69) is 44.6 Å². The van der Waals surface area contributed by atoms with E-state index in [0.29, 0.717) is 16.7 Å². The van der Waals surface area contributed by atoms with E-state index in [9.17, 15) is 4.79 Å². The summed E-state index contributed by atoms with van der Waals surface area (Å²) in [7, 11) is 0. The molecule has 18 heavy (non-hydrogen) atoms. The van der Waals surface area contributed by atoms with Gasteiger partial charge in [-0.25, -0.2) is 4.98 Å². The van der Waals surface area contributed by atoms with E-state index < -0.39 is 0 Å². The Labute approximate surface area is 118 Å². The lowest BCUT2D eigenvalue weighted by Gasteiger charge is -2.06. The van der Waals surface area contributed by atoms with Crippen LogP contribution in [-0.4, -0.2) is 10.9 Å². The highest BCUT2D eigenvalue weighted by atomic mass is 79.9. The van der Waals surface area contributed by atoms with Crippen molar-refractivity contribution in [3.05, 3.63) is 50.4 Å². The predicted molar refractivity (Wildman–Crippen MR) is 76.8 cm³/mol. The largest absolute Gasteiger partial charge is 0.347 e. The molecule has 0 unspecified atom stereocenters. The van der Waals surface area contributed by atoms with Crippen LogP contribution in [0.5, 0.6) is 0 Å².